The first-order valence-electron chi connectivity index (χ1n) is 18.5. The molecule has 0 amide bonds. The summed E-state index contributed by atoms with van der Waals surface area (Å²) in [6.45, 7) is 0. The van der Waals surface area contributed by atoms with Crippen LogP contribution in [0.2, 0.25) is 0 Å². The lowest BCUT2D eigenvalue weighted by atomic mass is 9.88. The molecule has 0 aliphatic heterocycles. The molecule has 4 heteroatoms. The van der Waals surface area contributed by atoms with Gasteiger partial charge in [-0.3, -0.25) is 0 Å². The SMILES string of the molecule is c1ccc(-c2ccccc2-c2nc(-c3ccc4c(c3)oc3ccccc34)nc(-c3ccccc3-c3c4ccccc4cc4c3ccc3ccccc34)n2)cc1. The molecule has 0 saturated carbocycles. The predicted molar refractivity (Wildman–Crippen MR) is 227 cm³/mol. The van der Waals surface area contributed by atoms with Crippen molar-refractivity contribution in [1.29, 1.82) is 0 Å². The molecule has 0 radical (unpaired) electrons. The number of hydrogen-bond donors (Lipinski definition) is 0. The van der Waals surface area contributed by atoms with Crippen molar-refractivity contribution in [3.63, 3.8) is 0 Å². The van der Waals surface area contributed by atoms with Gasteiger partial charge >= 0.3 is 0 Å². The first-order valence-corrected chi connectivity index (χ1v) is 18.5. The van der Waals surface area contributed by atoms with Gasteiger partial charge in [0.1, 0.15) is 11.2 Å². The quantitative estimate of drug-likeness (QED) is 0.132. The molecular formula is C51H31N3O. The standard InChI is InChI=1S/C51H31N3O/c1-2-14-32(15-3-1)36-18-8-10-23-43(36)50-52-49(35-27-28-40-39-21-12-13-25-46(39)55-47(40)31-35)53-51(54-50)44-24-11-9-22-41(44)48-38-20-7-5-17-34(38)30-45-37-19-6-4-16-33(37)26-29-42(45)48/h1-31H. The summed E-state index contributed by atoms with van der Waals surface area (Å²) in [4.78, 5) is 15.8. The van der Waals surface area contributed by atoms with E-state index >= 15 is 0 Å². The lowest BCUT2D eigenvalue weighted by Gasteiger charge is -2.17. The van der Waals surface area contributed by atoms with Gasteiger partial charge in [-0.25, -0.2) is 15.0 Å². The van der Waals surface area contributed by atoms with Gasteiger partial charge in [-0.1, -0.05) is 164 Å². The van der Waals surface area contributed by atoms with Crippen LogP contribution in [-0.4, -0.2) is 15.0 Å². The molecule has 256 valence electrons. The van der Waals surface area contributed by atoms with Crippen LogP contribution < -0.4 is 0 Å². The molecule has 0 bridgehead atoms. The first kappa shape index (κ1) is 31.1. The van der Waals surface area contributed by atoms with Crippen LogP contribution >= 0.6 is 0 Å². The van der Waals surface area contributed by atoms with Crippen molar-refractivity contribution < 1.29 is 4.42 Å². The van der Waals surface area contributed by atoms with Crippen LogP contribution in [0.1, 0.15) is 0 Å². The summed E-state index contributed by atoms with van der Waals surface area (Å²) in [6.07, 6.45) is 0. The smallest absolute Gasteiger partial charge is 0.164 e. The Hall–Kier alpha value is -7.43. The maximum Gasteiger partial charge on any atom is 0.164 e. The largest absolute Gasteiger partial charge is 0.456 e. The molecular weight excluding hydrogens is 671 g/mol. The van der Waals surface area contributed by atoms with E-state index in [1.165, 1.54) is 32.3 Å². The molecule has 9 aromatic carbocycles. The van der Waals surface area contributed by atoms with E-state index in [2.05, 4.69) is 158 Å². The van der Waals surface area contributed by atoms with Gasteiger partial charge < -0.3 is 4.42 Å². The third-order valence-corrected chi connectivity index (χ3v) is 10.7. The topological polar surface area (TPSA) is 51.8 Å². The van der Waals surface area contributed by atoms with Crippen molar-refractivity contribution in [3.05, 3.63) is 188 Å². The Labute approximate surface area is 317 Å². The molecule has 0 N–H and O–H groups in total. The summed E-state index contributed by atoms with van der Waals surface area (Å²) in [5.74, 6) is 1.78. The lowest BCUT2D eigenvalue weighted by molar-refractivity contribution is 0.669. The summed E-state index contributed by atoms with van der Waals surface area (Å²) in [6, 6.07) is 65.8. The Balaban J connectivity index is 1.19. The second-order valence-corrected chi connectivity index (χ2v) is 13.9. The molecule has 2 aromatic heterocycles. The van der Waals surface area contributed by atoms with Crippen LogP contribution in [0.3, 0.4) is 0 Å². The molecule has 11 aromatic rings. The molecule has 55 heavy (non-hydrogen) atoms. The number of benzene rings is 9. The van der Waals surface area contributed by atoms with Crippen LogP contribution in [0, 0.1) is 0 Å². The maximum absolute atomic E-state index is 6.34. The summed E-state index contributed by atoms with van der Waals surface area (Å²) in [5, 5.41) is 9.35. The minimum atomic E-state index is 0.578. The molecule has 0 fully saturated rings. The van der Waals surface area contributed by atoms with E-state index in [9.17, 15) is 0 Å². The van der Waals surface area contributed by atoms with Crippen molar-refractivity contribution >= 4 is 54.3 Å². The molecule has 0 saturated heterocycles. The molecule has 0 aliphatic carbocycles. The normalized spacial score (nSPS) is 11.6. The second kappa shape index (κ2) is 12.6. The van der Waals surface area contributed by atoms with Gasteiger partial charge in [0.25, 0.3) is 0 Å². The number of fused-ring (bicyclic) bond motifs is 7. The van der Waals surface area contributed by atoms with Crippen molar-refractivity contribution in [2.24, 2.45) is 0 Å². The van der Waals surface area contributed by atoms with E-state index in [1.54, 1.807) is 0 Å². The van der Waals surface area contributed by atoms with Gasteiger partial charge in [0.05, 0.1) is 0 Å². The number of furan rings is 1. The molecule has 4 nitrogen and oxygen atoms in total. The lowest BCUT2D eigenvalue weighted by Crippen LogP contribution is -2.02. The number of rotatable bonds is 5. The van der Waals surface area contributed by atoms with Crippen LogP contribution in [0.5, 0.6) is 0 Å². The second-order valence-electron chi connectivity index (χ2n) is 13.9. The monoisotopic (exact) mass is 701 g/mol. The summed E-state index contributed by atoms with van der Waals surface area (Å²) >= 11 is 0. The number of hydrogen-bond acceptors (Lipinski definition) is 4. The molecule has 2 heterocycles. The van der Waals surface area contributed by atoms with Gasteiger partial charge in [0, 0.05) is 27.5 Å². The average molecular weight is 702 g/mol. The number of nitrogens with zero attached hydrogens (tertiary/aromatic N) is 3. The van der Waals surface area contributed by atoms with E-state index in [0.29, 0.717) is 17.5 Å². The van der Waals surface area contributed by atoms with Gasteiger partial charge in [-0.2, -0.15) is 0 Å². The Morgan fingerprint density at radius 2 is 0.855 bits per heavy atom. The third kappa shape index (κ3) is 5.19. The zero-order chi connectivity index (χ0) is 36.3. The van der Waals surface area contributed by atoms with E-state index in [-0.39, 0.29) is 0 Å². The van der Waals surface area contributed by atoms with Crippen LogP contribution in [-0.2, 0) is 0 Å². The van der Waals surface area contributed by atoms with E-state index < -0.39 is 0 Å². The van der Waals surface area contributed by atoms with Crippen molar-refractivity contribution in [2.75, 3.05) is 0 Å². The zero-order valence-corrected chi connectivity index (χ0v) is 29.6. The van der Waals surface area contributed by atoms with Gasteiger partial charge in [-0.15, -0.1) is 0 Å². The van der Waals surface area contributed by atoms with Crippen molar-refractivity contribution in [1.82, 2.24) is 15.0 Å². The molecule has 0 spiro atoms. The van der Waals surface area contributed by atoms with Crippen LogP contribution in [0.25, 0.3) is 111 Å². The highest BCUT2D eigenvalue weighted by atomic mass is 16.3. The summed E-state index contributed by atoms with van der Waals surface area (Å²) < 4.78 is 6.34. The van der Waals surface area contributed by atoms with E-state index in [4.69, 9.17) is 19.4 Å². The predicted octanol–water partition coefficient (Wildman–Crippen LogP) is 13.6. The summed E-state index contributed by atoms with van der Waals surface area (Å²) in [7, 11) is 0. The minimum absolute atomic E-state index is 0.578. The Bertz CT molecular complexity index is 3270. The fraction of sp³-hybridized carbons (Fsp3) is 0. The third-order valence-electron chi connectivity index (χ3n) is 10.7. The first-order chi connectivity index (χ1) is 27.3. The maximum atomic E-state index is 6.34. The molecule has 0 aliphatic rings. The fourth-order valence-electron chi connectivity index (χ4n) is 8.16. The van der Waals surface area contributed by atoms with Gasteiger partial charge in [0.2, 0.25) is 0 Å². The molecule has 0 atom stereocenters. The Kier molecular flexibility index (Phi) is 7.14. The Morgan fingerprint density at radius 1 is 0.291 bits per heavy atom. The average Bonchev–Trinajstić information content (AvgIpc) is 3.64. The van der Waals surface area contributed by atoms with Crippen molar-refractivity contribution in [2.45, 2.75) is 0 Å². The van der Waals surface area contributed by atoms with Gasteiger partial charge in [-0.05, 0) is 78.8 Å². The Morgan fingerprint density at radius 3 is 1.65 bits per heavy atom. The van der Waals surface area contributed by atoms with Crippen LogP contribution in [0.4, 0.5) is 0 Å². The summed E-state index contributed by atoms with van der Waals surface area (Å²) in [5.41, 5.74) is 8.74. The number of aromatic nitrogens is 3. The highest BCUT2D eigenvalue weighted by molar-refractivity contribution is 6.21. The van der Waals surface area contributed by atoms with Crippen LogP contribution in [0.15, 0.2) is 192 Å². The fourth-order valence-corrected chi connectivity index (χ4v) is 8.16. The van der Waals surface area contributed by atoms with Crippen molar-refractivity contribution in [3.8, 4) is 56.4 Å². The highest BCUT2D eigenvalue weighted by Gasteiger charge is 2.21. The minimum Gasteiger partial charge on any atom is -0.456 e. The zero-order valence-electron chi connectivity index (χ0n) is 29.6. The van der Waals surface area contributed by atoms with Gasteiger partial charge in [0.15, 0.2) is 17.5 Å². The highest BCUT2D eigenvalue weighted by Crippen LogP contribution is 2.43. The number of para-hydroxylation sites is 1. The van der Waals surface area contributed by atoms with E-state index in [1.807, 2.05) is 30.3 Å². The molecule has 0 unspecified atom stereocenters. The molecule has 11 rings (SSSR count). The van der Waals surface area contributed by atoms with E-state index in [0.717, 1.165) is 60.9 Å².